The highest BCUT2D eigenvalue weighted by molar-refractivity contribution is 6.22. The van der Waals surface area contributed by atoms with Gasteiger partial charge in [-0.2, -0.15) is 0 Å². The standard InChI is InChI=1S/C66H43NO/c1-3-18-46(19-4-1)64-60-30-10-9-28-57(60)58-40-37-49(43-62(58)65(64)47-20-5-2-6-21-47)48-23-13-25-52(41-48)67(51-38-35-45(36-39-51)55-31-15-22-44-17-7-8-27-54(44)55)53-26-14-24-50(42-53)56-32-16-33-61-59-29-11-12-34-63(59)68-66(56)61/h1-43H. The molecule has 0 aliphatic rings. The number of hydrogen-bond acceptors (Lipinski definition) is 2. The maximum atomic E-state index is 6.57. The van der Waals surface area contributed by atoms with Gasteiger partial charge in [-0.05, 0) is 131 Å². The molecule has 1 heterocycles. The third-order valence-electron chi connectivity index (χ3n) is 13.6. The van der Waals surface area contributed by atoms with Gasteiger partial charge in [0.2, 0.25) is 0 Å². The maximum Gasteiger partial charge on any atom is 0.143 e. The minimum Gasteiger partial charge on any atom is -0.455 e. The van der Waals surface area contributed by atoms with Crippen LogP contribution in [0.4, 0.5) is 17.1 Å². The zero-order valence-corrected chi connectivity index (χ0v) is 37.2. The lowest BCUT2D eigenvalue weighted by molar-refractivity contribution is 0.670. The van der Waals surface area contributed by atoms with Crippen LogP contribution in [-0.4, -0.2) is 0 Å². The van der Waals surface area contributed by atoms with Gasteiger partial charge in [0, 0.05) is 33.4 Å². The Labute approximate surface area is 395 Å². The maximum absolute atomic E-state index is 6.57. The fourth-order valence-corrected chi connectivity index (χ4v) is 10.5. The minimum atomic E-state index is 0.893. The third-order valence-corrected chi connectivity index (χ3v) is 13.6. The Morgan fingerprint density at radius 1 is 0.250 bits per heavy atom. The quantitative estimate of drug-likeness (QED) is 0.142. The molecule has 0 saturated carbocycles. The fourth-order valence-electron chi connectivity index (χ4n) is 10.5. The number of benzene rings is 12. The zero-order chi connectivity index (χ0) is 45.0. The Morgan fingerprint density at radius 2 is 0.750 bits per heavy atom. The summed E-state index contributed by atoms with van der Waals surface area (Å²) < 4.78 is 6.57. The molecule has 13 aromatic rings. The van der Waals surface area contributed by atoms with Crippen molar-refractivity contribution in [3.63, 3.8) is 0 Å². The molecule has 13 rings (SSSR count). The van der Waals surface area contributed by atoms with Crippen molar-refractivity contribution in [2.24, 2.45) is 0 Å². The summed E-state index contributed by atoms with van der Waals surface area (Å²) in [6.07, 6.45) is 0. The highest BCUT2D eigenvalue weighted by Gasteiger charge is 2.20. The van der Waals surface area contributed by atoms with Crippen LogP contribution in [0.2, 0.25) is 0 Å². The Balaban J connectivity index is 0.988. The number of furan rings is 1. The molecule has 2 heteroatoms. The average Bonchev–Trinajstić information content (AvgIpc) is 3.80. The van der Waals surface area contributed by atoms with E-state index in [2.05, 4.69) is 260 Å². The second-order valence-electron chi connectivity index (χ2n) is 17.6. The molecule has 0 N–H and O–H groups in total. The van der Waals surface area contributed by atoms with Crippen molar-refractivity contribution in [3.05, 3.63) is 261 Å². The van der Waals surface area contributed by atoms with E-state index >= 15 is 0 Å². The van der Waals surface area contributed by atoms with Gasteiger partial charge in [0.05, 0.1) is 0 Å². The Kier molecular flexibility index (Phi) is 9.54. The molecular weight excluding hydrogens is 823 g/mol. The molecule has 0 radical (unpaired) electrons. The molecule has 0 unspecified atom stereocenters. The smallest absolute Gasteiger partial charge is 0.143 e. The van der Waals surface area contributed by atoms with E-state index in [0.29, 0.717) is 0 Å². The molecule has 318 valence electrons. The molecule has 0 aliphatic carbocycles. The first kappa shape index (κ1) is 39.4. The van der Waals surface area contributed by atoms with Gasteiger partial charge in [-0.25, -0.2) is 0 Å². The van der Waals surface area contributed by atoms with Crippen LogP contribution < -0.4 is 4.90 Å². The summed E-state index contributed by atoms with van der Waals surface area (Å²) in [5.74, 6) is 0. The van der Waals surface area contributed by atoms with Gasteiger partial charge in [-0.1, -0.05) is 212 Å². The van der Waals surface area contributed by atoms with Crippen LogP contribution in [0.15, 0.2) is 265 Å². The third kappa shape index (κ3) is 6.73. The summed E-state index contributed by atoms with van der Waals surface area (Å²) in [7, 11) is 0. The second kappa shape index (κ2) is 16.5. The zero-order valence-electron chi connectivity index (χ0n) is 37.2. The van der Waals surface area contributed by atoms with E-state index in [9.17, 15) is 0 Å². The lowest BCUT2D eigenvalue weighted by Crippen LogP contribution is -2.10. The monoisotopic (exact) mass is 865 g/mol. The van der Waals surface area contributed by atoms with Crippen LogP contribution >= 0.6 is 0 Å². The molecule has 0 saturated heterocycles. The van der Waals surface area contributed by atoms with Crippen LogP contribution in [-0.2, 0) is 0 Å². The summed E-state index contributed by atoms with van der Waals surface area (Å²) in [6.45, 7) is 0. The number of fused-ring (bicyclic) bond motifs is 7. The first-order valence-electron chi connectivity index (χ1n) is 23.3. The summed E-state index contributed by atoms with van der Waals surface area (Å²) >= 11 is 0. The van der Waals surface area contributed by atoms with E-state index in [0.717, 1.165) is 61.3 Å². The number of rotatable bonds is 8. The van der Waals surface area contributed by atoms with E-state index in [1.165, 1.54) is 65.7 Å². The van der Waals surface area contributed by atoms with Crippen LogP contribution in [0.1, 0.15) is 0 Å². The fraction of sp³-hybridized carbons (Fsp3) is 0. The Morgan fingerprint density at radius 3 is 1.51 bits per heavy atom. The highest BCUT2D eigenvalue weighted by Crippen LogP contribution is 2.47. The molecule has 2 nitrogen and oxygen atoms in total. The number of anilines is 3. The predicted molar refractivity (Wildman–Crippen MR) is 288 cm³/mol. The van der Waals surface area contributed by atoms with Crippen LogP contribution in [0.5, 0.6) is 0 Å². The van der Waals surface area contributed by atoms with Gasteiger partial charge in [0.25, 0.3) is 0 Å². The molecule has 68 heavy (non-hydrogen) atoms. The van der Waals surface area contributed by atoms with Crippen LogP contribution in [0.25, 0.3) is 110 Å². The Bertz CT molecular complexity index is 4010. The normalized spacial score (nSPS) is 11.5. The van der Waals surface area contributed by atoms with Crippen molar-refractivity contribution in [3.8, 4) is 55.6 Å². The van der Waals surface area contributed by atoms with Crippen molar-refractivity contribution in [2.75, 3.05) is 4.90 Å². The first-order chi connectivity index (χ1) is 33.7. The van der Waals surface area contributed by atoms with E-state index in [-0.39, 0.29) is 0 Å². The summed E-state index contributed by atoms with van der Waals surface area (Å²) in [5, 5.41) is 9.69. The van der Waals surface area contributed by atoms with Gasteiger partial charge in [0.15, 0.2) is 0 Å². The van der Waals surface area contributed by atoms with E-state index < -0.39 is 0 Å². The molecule has 0 fully saturated rings. The van der Waals surface area contributed by atoms with Crippen LogP contribution in [0, 0.1) is 0 Å². The SMILES string of the molecule is c1ccc(-c2c(-c3ccccc3)c3cc(-c4cccc(N(c5ccc(-c6cccc7ccccc67)cc5)c5cccc(-c6cccc7c6oc6ccccc67)c5)c4)ccc3c3ccccc23)cc1. The number of para-hydroxylation sites is 2. The summed E-state index contributed by atoms with van der Waals surface area (Å²) in [4.78, 5) is 2.39. The largest absolute Gasteiger partial charge is 0.455 e. The number of hydrogen-bond donors (Lipinski definition) is 0. The predicted octanol–water partition coefficient (Wildman–Crippen LogP) is 18.9. The Hall–Kier alpha value is -8.98. The highest BCUT2D eigenvalue weighted by atomic mass is 16.3. The molecule has 0 atom stereocenters. The van der Waals surface area contributed by atoms with Crippen molar-refractivity contribution in [1.29, 1.82) is 0 Å². The summed E-state index contributed by atoms with van der Waals surface area (Å²) in [6, 6.07) is 94.5. The molecule has 12 aromatic carbocycles. The molecular formula is C66H43NO. The van der Waals surface area contributed by atoms with Gasteiger partial charge < -0.3 is 9.32 Å². The molecule has 1 aromatic heterocycles. The van der Waals surface area contributed by atoms with E-state index in [1.807, 2.05) is 6.07 Å². The average molecular weight is 866 g/mol. The lowest BCUT2D eigenvalue weighted by Gasteiger charge is -2.27. The van der Waals surface area contributed by atoms with Gasteiger partial charge in [-0.15, -0.1) is 0 Å². The molecule has 0 aliphatic heterocycles. The molecule has 0 bridgehead atoms. The number of nitrogens with zero attached hydrogens (tertiary/aromatic N) is 1. The minimum absolute atomic E-state index is 0.893. The van der Waals surface area contributed by atoms with Gasteiger partial charge in [0.1, 0.15) is 11.2 Å². The lowest BCUT2D eigenvalue weighted by atomic mass is 9.84. The topological polar surface area (TPSA) is 16.4 Å². The van der Waals surface area contributed by atoms with Gasteiger partial charge >= 0.3 is 0 Å². The molecule has 0 amide bonds. The van der Waals surface area contributed by atoms with Crippen LogP contribution in [0.3, 0.4) is 0 Å². The first-order valence-corrected chi connectivity index (χ1v) is 23.3. The van der Waals surface area contributed by atoms with Crippen molar-refractivity contribution in [2.45, 2.75) is 0 Å². The molecule has 0 spiro atoms. The van der Waals surface area contributed by atoms with Crippen molar-refractivity contribution in [1.82, 2.24) is 0 Å². The second-order valence-corrected chi connectivity index (χ2v) is 17.6. The summed E-state index contributed by atoms with van der Waals surface area (Å²) in [5.41, 5.74) is 16.7. The van der Waals surface area contributed by atoms with E-state index in [1.54, 1.807) is 0 Å². The van der Waals surface area contributed by atoms with Crippen molar-refractivity contribution >= 4 is 71.3 Å². The van der Waals surface area contributed by atoms with Crippen molar-refractivity contribution < 1.29 is 4.42 Å². The van der Waals surface area contributed by atoms with E-state index in [4.69, 9.17) is 4.42 Å². The van der Waals surface area contributed by atoms with Gasteiger partial charge in [-0.3, -0.25) is 0 Å².